The third-order valence-electron chi connectivity index (χ3n) is 4.02. The van der Waals surface area contributed by atoms with E-state index < -0.39 is 5.91 Å². The van der Waals surface area contributed by atoms with Crippen molar-refractivity contribution in [2.24, 2.45) is 0 Å². The number of nitrogens with one attached hydrogen (secondary N) is 2. The molecule has 3 aromatic rings. The fourth-order valence-corrected chi connectivity index (χ4v) is 2.83. The summed E-state index contributed by atoms with van der Waals surface area (Å²) < 4.78 is 20.1. The number of halogens is 2. The van der Waals surface area contributed by atoms with E-state index in [1.54, 1.807) is 54.6 Å². The number of hydrogen-bond acceptors (Lipinski definition) is 3. The molecule has 0 saturated carbocycles. The molecule has 0 bridgehead atoms. The molecule has 2 amide bonds. The van der Waals surface area contributed by atoms with Gasteiger partial charge < -0.3 is 15.4 Å². The lowest BCUT2D eigenvalue weighted by Crippen LogP contribution is -2.25. The summed E-state index contributed by atoms with van der Waals surface area (Å²) in [7, 11) is 0. The van der Waals surface area contributed by atoms with Gasteiger partial charge in [-0.2, -0.15) is 0 Å². The van der Waals surface area contributed by atoms with Crippen LogP contribution in [0.15, 0.2) is 77.3 Å². The zero-order valence-corrected chi connectivity index (χ0v) is 16.9. The smallest absolute Gasteiger partial charge is 0.262 e. The number of rotatable bonds is 7. The Balaban J connectivity index is 1.59. The standard InChI is InChI=1S/C22H18BrFN2O3/c23-16-9-11-17(12-10-16)26-21(27)14-29-20-8-4-2-6-18(20)22(28)25-13-15-5-1-3-7-19(15)24/h1-12H,13-14H2,(H,25,28)(H,26,27). The second-order valence-electron chi connectivity index (χ2n) is 6.11. The van der Waals surface area contributed by atoms with Crippen molar-refractivity contribution in [3.05, 3.63) is 94.2 Å². The van der Waals surface area contributed by atoms with Gasteiger partial charge in [-0.3, -0.25) is 9.59 Å². The summed E-state index contributed by atoms with van der Waals surface area (Å²) in [5.74, 6) is -0.891. The molecule has 0 saturated heterocycles. The van der Waals surface area contributed by atoms with Gasteiger partial charge in [-0.25, -0.2) is 4.39 Å². The zero-order valence-electron chi connectivity index (χ0n) is 15.3. The summed E-state index contributed by atoms with van der Waals surface area (Å²) in [6.07, 6.45) is 0. The van der Waals surface area contributed by atoms with Gasteiger partial charge in [0.1, 0.15) is 11.6 Å². The predicted molar refractivity (Wildman–Crippen MR) is 112 cm³/mol. The molecule has 2 N–H and O–H groups in total. The molecule has 3 rings (SSSR count). The van der Waals surface area contributed by atoms with Crippen molar-refractivity contribution in [2.45, 2.75) is 6.54 Å². The van der Waals surface area contributed by atoms with Crippen molar-refractivity contribution in [1.82, 2.24) is 5.32 Å². The minimum Gasteiger partial charge on any atom is -0.483 e. The number of hydrogen-bond donors (Lipinski definition) is 2. The van der Waals surface area contributed by atoms with E-state index in [0.29, 0.717) is 11.3 Å². The van der Waals surface area contributed by atoms with Crippen LogP contribution in [0.4, 0.5) is 10.1 Å². The minimum absolute atomic E-state index is 0.0455. The van der Waals surface area contributed by atoms with E-state index in [-0.39, 0.29) is 36.2 Å². The van der Waals surface area contributed by atoms with Gasteiger partial charge in [-0.1, -0.05) is 46.3 Å². The highest BCUT2D eigenvalue weighted by Gasteiger charge is 2.14. The van der Waals surface area contributed by atoms with Crippen LogP contribution in [0.2, 0.25) is 0 Å². The molecule has 7 heteroatoms. The molecule has 0 aromatic heterocycles. The molecule has 0 unspecified atom stereocenters. The van der Waals surface area contributed by atoms with Crippen LogP contribution < -0.4 is 15.4 Å². The van der Waals surface area contributed by atoms with Crippen LogP contribution >= 0.6 is 15.9 Å². The largest absolute Gasteiger partial charge is 0.483 e. The van der Waals surface area contributed by atoms with E-state index in [2.05, 4.69) is 26.6 Å². The second-order valence-corrected chi connectivity index (χ2v) is 7.03. The van der Waals surface area contributed by atoms with E-state index in [4.69, 9.17) is 4.74 Å². The molecule has 0 atom stereocenters. The minimum atomic E-state index is -0.419. The average molecular weight is 457 g/mol. The quantitative estimate of drug-likeness (QED) is 0.548. The van der Waals surface area contributed by atoms with Crippen molar-refractivity contribution in [3.8, 4) is 5.75 Å². The van der Waals surface area contributed by atoms with Gasteiger partial charge in [-0.05, 0) is 42.5 Å². The Morgan fingerprint density at radius 2 is 1.62 bits per heavy atom. The summed E-state index contributed by atoms with van der Waals surface area (Å²) in [6.45, 7) is -0.211. The molecular formula is C22H18BrFN2O3. The van der Waals surface area contributed by atoms with E-state index in [0.717, 1.165) is 4.47 Å². The van der Waals surface area contributed by atoms with Gasteiger partial charge >= 0.3 is 0 Å². The van der Waals surface area contributed by atoms with Gasteiger partial charge in [0.15, 0.2) is 6.61 Å². The Hall–Kier alpha value is -3.19. The number of ether oxygens (including phenoxy) is 1. The average Bonchev–Trinajstić information content (AvgIpc) is 2.73. The number of amides is 2. The second kappa shape index (κ2) is 9.84. The normalized spacial score (nSPS) is 10.3. The predicted octanol–water partition coefficient (Wildman–Crippen LogP) is 4.54. The van der Waals surface area contributed by atoms with Crippen molar-refractivity contribution < 1.29 is 18.7 Å². The maximum absolute atomic E-state index is 13.7. The summed E-state index contributed by atoms with van der Waals surface area (Å²) in [5.41, 5.74) is 1.28. The highest BCUT2D eigenvalue weighted by molar-refractivity contribution is 9.10. The SMILES string of the molecule is O=C(COc1ccccc1C(=O)NCc1ccccc1F)Nc1ccc(Br)cc1. The molecule has 0 heterocycles. The monoisotopic (exact) mass is 456 g/mol. The highest BCUT2D eigenvalue weighted by atomic mass is 79.9. The van der Waals surface area contributed by atoms with Crippen molar-refractivity contribution >= 4 is 33.4 Å². The van der Waals surface area contributed by atoms with Crippen molar-refractivity contribution in [3.63, 3.8) is 0 Å². The number of para-hydroxylation sites is 1. The first-order chi connectivity index (χ1) is 14.0. The Kier molecular flexibility index (Phi) is 6.97. The van der Waals surface area contributed by atoms with Crippen LogP contribution in [0, 0.1) is 5.82 Å². The summed E-state index contributed by atoms with van der Waals surface area (Å²) >= 11 is 3.33. The van der Waals surface area contributed by atoms with Gasteiger partial charge in [0.25, 0.3) is 11.8 Å². The van der Waals surface area contributed by atoms with Gasteiger partial charge in [-0.15, -0.1) is 0 Å². The lowest BCUT2D eigenvalue weighted by Gasteiger charge is -2.12. The Morgan fingerprint density at radius 3 is 2.38 bits per heavy atom. The number of carbonyl (C=O) groups is 2. The Bertz CT molecular complexity index is 1010. The fourth-order valence-electron chi connectivity index (χ4n) is 2.57. The Labute approximate surface area is 176 Å². The molecule has 148 valence electrons. The summed E-state index contributed by atoms with van der Waals surface area (Å²) in [6, 6.07) is 19.9. The topological polar surface area (TPSA) is 67.4 Å². The molecule has 0 aliphatic heterocycles. The third-order valence-corrected chi connectivity index (χ3v) is 4.54. The molecular weight excluding hydrogens is 439 g/mol. The molecule has 0 aliphatic rings. The highest BCUT2D eigenvalue weighted by Crippen LogP contribution is 2.19. The maximum Gasteiger partial charge on any atom is 0.262 e. The van der Waals surface area contributed by atoms with Crippen LogP contribution in [0.25, 0.3) is 0 Å². The lowest BCUT2D eigenvalue weighted by atomic mass is 10.1. The van der Waals surface area contributed by atoms with Crippen molar-refractivity contribution in [2.75, 3.05) is 11.9 Å². The molecule has 0 spiro atoms. The van der Waals surface area contributed by atoms with E-state index >= 15 is 0 Å². The van der Waals surface area contributed by atoms with E-state index in [1.165, 1.54) is 6.07 Å². The number of anilines is 1. The lowest BCUT2D eigenvalue weighted by molar-refractivity contribution is -0.118. The van der Waals surface area contributed by atoms with Gasteiger partial charge in [0.05, 0.1) is 5.56 Å². The zero-order chi connectivity index (χ0) is 20.6. The van der Waals surface area contributed by atoms with Crippen LogP contribution in [0.1, 0.15) is 15.9 Å². The first-order valence-corrected chi connectivity index (χ1v) is 9.61. The molecule has 29 heavy (non-hydrogen) atoms. The van der Waals surface area contributed by atoms with E-state index in [1.807, 2.05) is 12.1 Å². The number of carbonyl (C=O) groups excluding carboxylic acids is 2. The van der Waals surface area contributed by atoms with Crippen LogP contribution in [0.5, 0.6) is 5.75 Å². The fraction of sp³-hybridized carbons (Fsp3) is 0.0909. The third kappa shape index (κ3) is 5.89. The van der Waals surface area contributed by atoms with Crippen molar-refractivity contribution in [1.29, 1.82) is 0 Å². The summed E-state index contributed by atoms with van der Waals surface area (Å²) in [4.78, 5) is 24.6. The first kappa shape index (κ1) is 20.5. The van der Waals surface area contributed by atoms with Crippen LogP contribution in [-0.2, 0) is 11.3 Å². The molecule has 0 radical (unpaired) electrons. The Morgan fingerprint density at radius 1 is 0.931 bits per heavy atom. The molecule has 3 aromatic carbocycles. The summed E-state index contributed by atoms with van der Waals surface area (Å²) in [5, 5.41) is 5.38. The van der Waals surface area contributed by atoms with Gasteiger partial charge in [0.2, 0.25) is 0 Å². The van der Waals surface area contributed by atoms with Gasteiger partial charge in [0, 0.05) is 22.3 Å². The number of benzene rings is 3. The molecule has 5 nitrogen and oxygen atoms in total. The van der Waals surface area contributed by atoms with Crippen LogP contribution in [0.3, 0.4) is 0 Å². The van der Waals surface area contributed by atoms with Crippen LogP contribution in [-0.4, -0.2) is 18.4 Å². The van der Waals surface area contributed by atoms with E-state index in [9.17, 15) is 14.0 Å². The molecule has 0 fully saturated rings. The molecule has 0 aliphatic carbocycles. The first-order valence-electron chi connectivity index (χ1n) is 8.82. The maximum atomic E-state index is 13.7.